The molecule has 0 fully saturated rings. The van der Waals surface area contributed by atoms with E-state index in [2.05, 4.69) is 25.0 Å². The second-order valence-electron chi connectivity index (χ2n) is 5.67. The van der Waals surface area contributed by atoms with Gasteiger partial charge in [-0.1, -0.05) is 0 Å². The SMILES string of the molecule is CCn1cnc2c(NCCCO)nc(-c3ccc(OC(F)(F)F)cc3)nc21. The van der Waals surface area contributed by atoms with E-state index in [0.717, 1.165) is 0 Å². The van der Waals surface area contributed by atoms with Gasteiger partial charge in [-0.3, -0.25) is 0 Å². The third-order valence-electron chi connectivity index (χ3n) is 3.78. The van der Waals surface area contributed by atoms with Gasteiger partial charge in [-0.05, 0) is 37.6 Å². The molecule has 0 atom stereocenters. The molecule has 3 aromatic rings. The zero-order valence-electron chi connectivity index (χ0n) is 14.5. The second-order valence-corrected chi connectivity index (χ2v) is 5.67. The molecular weight excluding hydrogens is 363 g/mol. The lowest BCUT2D eigenvalue weighted by atomic mass is 10.2. The number of anilines is 1. The van der Waals surface area contributed by atoms with E-state index in [1.807, 2.05) is 11.5 Å². The molecule has 0 amide bonds. The van der Waals surface area contributed by atoms with Crippen molar-refractivity contribution in [2.24, 2.45) is 0 Å². The number of nitrogens with zero attached hydrogens (tertiary/aromatic N) is 4. The van der Waals surface area contributed by atoms with Crippen molar-refractivity contribution in [1.29, 1.82) is 0 Å². The van der Waals surface area contributed by atoms with Crippen molar-refractivity contribution in [3.05, 3.63) is 30.6 Å². The topological polar surface area (TPSA) is 85.1 Å². The van der Waals surface area contributed by atoms with Gasteiger partial charge in [0, 0.05) is 25.3 Å². The molecule has 0 saturated carbocycles. The first-order valence-electron chi connectivity index (χ1n) is 8.35. The van der Waals surface area contributed by atoms with Gasteiger partial charge in [0.1, 0.15) is 11.3 Å². The molecule has 0 saturated heterocycles. The number of rotatable bonds is 7. The minimum Gasteiger partial charge on any atom is -0.406 e. The fourth-order valence-electron chi connectivity index (χ4n) is 2.52. The molecule has 2 heterocycles. The molecule has 0 bridgehead atoms. The maximum atomic E-state index is 12.3. The lowest BCUT2D eigenvalue weighted by Gasteiger charge is -2.10. The Hall–Kier alpha value is -2.88. The number of aliphatic hydroxyl groups is 1. The Morgan fingerprint density at radius 1 is 1.19 bits per heavy atom. The molecule has 27 heavy (non-hydrogen) atoms. The maximum absolute atomic E-state index is 12.3. The Morgan fingerprint density at radius 3 is 2.56 bits per heavy atom. The number of hydrogen-bond donors (Lipinski definition) is 2. The van der Waals surface area contributed by atoms with Crippen LogP contribution in [0.3, 0.4) is 0 Å². The predicted molar refractivity (Wildman–Crippen MR) is 93.3 cm³/mol. The molecule has 144 valence electrons. The fourth-order valence-corrected chi connectivity index (χ4v) is 2.52. The van der Waals surface area contributed by atoms with Gasteiger partial charge in [0.05, 0.1) is 6.33 Å². The molecule has 7 nitrogen and oxygen atoms in total. The summed E-state index contributed by atoms with van der Waals surface area (Å²) in [5.74, 6) is 0.543. The first-order chi connectivity index (χ1) is 12.9. The fraction of sp³-hybridized carbons (Fsp3) is 0.353. The first kappa shape index (κ1) is 18.9. The van der Waals surface area contributed by atoms with Crippen LogP contribution in [0.15, 0.2) is 30.6 Å². The van der Waals surface area contributed by atoms with Crippen LogP contribution in [-0.4, -0.2) is 44.1 Å². The van der Waals surface area contributed by atoms with Gasteiger partial charge in [0.25, 0.3) is 0 Å². The van der Waals surface area contributed by atoms with E-state index in [9.17, 15) is 13.2 Å². The van der Waals surface area contributed by atoms with Gasteiger partial charge in [-0.25, -0.2) is 15.0 Å². The summed E-state index contributed by atoms with van der Waals surface area (Å²) in [7, 11) is 0. The van der Waals surface area contributed by atoms with Crippen LogP contribution in [0.2, 0.25) is 0 Å². The number of fused-ring (bicyclic) bond motifs is 1. The van der Waals surface area contributed by atoms with Crippen molar-refractivity contribution in [3.63, 3.8) is 0 Å². The van der Waals surface area contributed by atoms with Crippen LogP contribution in [0.5, 0.6) is 5.75 Å². The Labute approximate surface area is 152 Å². The maximum Gasteiger partial charge on any atom is 0.573 e. The molecule has 0 unspecified atom stereocenters. The third-order valence-corrected chi connectivity index (χ3v) is 3.78. The van der Waals surface area contributed by atoms with Gasteiger partial charge in [-0.15, -0.1) is 13.2 Å². The Kier molecular flexibility index (Phi) is 5.45. The molecule has 3 rings (SSSR count). The number of alkyl halides is 3. The van der Waals surface area contributed by atoms with Crippen LogP contribution in [0.25, 0.3) is 22.6 Å². The molecule has 2 aromatic heterocycles. The second kappa shape index (κ2) is 7.78. The van der Waals surface area contributed by atoms with Gasteiger partial charge < -0.3 is 19.7 Å². The van der Waals surface area contributed by atoms with Crippen molar-refractivity contribution in [2.75, 3.05) is 18.5 Å². The molecule has 2 N–H and O–H groups in total. The molecule has 10 heteroatoms. The smallest absolute Gasteiger partial charge is 0.406 e. The molecule has 0 spiro atoms. The monoisotopic (exact) mass is 381 g/mol. The van der Waals surface area contributed by atoms with Crippen LogP contribution in [0.1, 0.15) is 13.3 Å². The number of benzene rings is 1. The highest BCUT2D eigenvalue weighted by Gasteiger charge is 2.31. The molecular formula is C17H18F3N5O2. The number of imidazole rings is 1. The Morgan fingerprint density at radius 2 is 1.93 bits per heavy atom. The normalized spacial score (nSPS) is 11.7. The number of aryl methyl sites for hydroxylation is 1. The summed E-state index contributed by atoms with van der Waals surface area (Å²) >= 11 is 0. The van der Waals surface area contributed by atoms with E-state index >= 15 is 0 Å². The summed E-state index contributed by atoms with van der Waals surface area (Å²) in [6, 6.07) is 5.36. The van der Waals surface area contributed by atoms with Crippen LogP contribution < -0.4 is 10.1 Å². The molecule has 0 aliphatic heterocycles. The number of aliphatic hydroxyl groups excluding tert-OH is 1. The third kappa shape index (κ3) is 4.45. The van der Waals surface area contributed by atoms with Crippen LogP contribution in [-0.2, 0) is 6.54 Å². The summed E-state index contributed by atoms with van der Waals surface area (Å²) in [6.07, 6.45) is -2.55. The van der Waals surface area contributed by atoms with Crippen molar-refractivity contribution >= 4 is 17.0 Å². The van der Waals surface area contributed by atoms with E-state index in [4.69, 9.17) is 5.11 Å². The van der Waals surface area contributed by atoms with Gasteiger partial charge >= 0.3 is 6.36 Å². The summed E-state index contributed by atoms with van der Waals surface area (Å²) in [6.45, 7) is 3.14. The number of hydrogen-bond acceptors (Lipinski definition) is 6. The summed E-state index contributed by atoms with van der Waals surface area (Å²) in [4.78, 5) is 13.3. The van der Waals surface area contributed by atoms with Crippen LogP contribution >= 0.6 is 0 Å². The average molecular weight is 381 g/mol. The average Bonchev–Trinajstić information content (AvgIpc) is 3.04. The lowest BCUT2D eigenvalue weighted by molar-refractivity contribution is -0.274. The zero-order valence-corrected chi connectivity index (χ0v) is 14.5. The van der Waals surface area contributed by atoms with Crippen molar-refractivity contribution in [2.45, 2.75) is 26.3 Å². The Bertz CT molecular complexity index is 909. The molecule has 0 aliphatic rings. The highest BCUT2D eigenvalue weighted by Crippen LogP contribution is 2.27. The van der Waals surface area contributed by atoms with Gasteiger partial charge in [0.15, 0.2) is 17.3 Å². The van der Waals surface area contributed by atoms with E-state index in [-0.39, 0.29) is 12.4 Å². The van der Waals surface area contributed by atoms with Crippen molar-refractivity contribution < 1.29 is 23.0 Å². The minimum atomic E-state index is -4.74. The predicted octanol–water partition coefficient (Wildman–Crippen LogP) is 3.21. The highest BCUT2D eigenvalue weighted by molar-refractivity contribution is 5.85. The minimum absolute atomic E-state index is 0.0398. The number of halogens is 3. The van der Waals surface area contributed by atoms with Crippen LogP contribution in [0.4, 0.5) is 19.0 Å². The summed E-state index contributed by atoms with van der Waals surface area (Å²) < 4.78 is 42.6. The van der Waals surface area contributed by atoms with Gasteiger partial charge in [0.2, 0.25) is 0 Å². The lowest BCUT2D eigenvalue weighted by Crippen LogP contribution is -2.16. The van der Waals surface area contributed by atoms with Gasteiger partial charge in [-0.2, -0.15) is 0 Å². The van der Waals surface area contributed by atoms with E-state index in [1.165, 1.54) is 24.3 Å². The number of aromatic nitrogens is 4. The first-order valence-corrected chi connectivity index (χ1v) is 8.35. The Balaban J connectivity index is 1.97. The van der Waals surface area contributed by atoms with E-state index in [0.29, 0.717) is 47.9 Å². The largest absolute Gasteiger partial charge is 0.573 e. The summed E-state index contributed by atoms with van der Waals surface area (Å²) in [5.41, 5.74) is 1.75. The van der Waals surface area contributed by atoms with Crippen LogP contribution in [0, 0.1) is 0 Å². The molecule has 1 aromatic carbocycles. The molecule has 0 radical (unpaired) electrons. The zero-order chi connectivity index (χ0) is 19.4. The highest BCUT2D eigenvalue weighted by atomic mass is 19.4. The number of ether oxygens (including phenoxy) is 1. The number of nitrogens with one attached hydrogen (secondary N) is 1. The van der Waals surface area contributed by atoms with E-state index < -0.39 is 6.36 Å². The standard InChI is InChI=1S/C17H18F3N5O2/c1-2-25-10-22-13-15(21-8-3-9-26)23-14(24-16(13)25)11-4-6-12(7-5-11)27-17(18,19)20/h4-7,10,26H,2-3,8-9H2,1H3,(H,21,23,24). The summed E-state index contributed by atoms with van der Waals surface area (Å²) in [5, 5.41) is 12.1. The van der Waals surface area contributed by atoms with E-state index in [1.54, 1.807) is 6.33 Å². The quantitative estimate of drug-likeness (QED) is 0.612. The van der Waals surface area contributed by atoms with Crippen molar-refractivity contribution in [3.8, 4) is 17.1 Å². The molecule has 0 aliphatic carbocycles. The van der Waals surface area contributed by atoms with Crippen molar-refractivity contribution in [1.82, 2.24) is 19.5 Å².